The number of halogens is 1. The van der Waals surface area contributed by atoms with Gasteiger partial charge in [0, 0.05) is 42.2 Å². The number of hydrogen-bond donors (Lipinski definition) is 9. The van der Waals surface area contributed by atoms with Gasteiger partial charge in [-0.25, -0.2) is 0 Å². The number of nitrogens with two attached hydrogens (primary N) is 6. The molecule has 0 unspecified atom stereocenters. The molecule has 3 heterocycles. The average Bonchev–Trinajstić information content (AvgIpc) is 4.22. The minimum absolute atomic E-state index is 0. The van der Waals surface area contributed by atoms with Crippen molar-refractivity contribution in [3.8, 4) is 0 Å². The maximum atomic E-state index is 13.9. The van der Waals surface area contributed by atoms with Crippen molar-refractivity contribution in [3.63, 3.8) is 0 Å². The van der Waals surface area contributed by atoms with Gasteiger partial charge in [-0.1, -0.05) is 36.4 Å². The number of hydrogen-bond acceptors (Lipinski definition) is 15. The second kappa shape index (κ2) is 28.2. The Labute approximate surface area is 451 Å². The quantitative estimate of drug-likeness (QED) is 0.0123. The molecular weight excluding hydrogens is 1010 g/mol. The van der Waals surface area contributed by atoms with Crippen molar-refractivity contribution in [1.29, 1.82) is 0 Å². The summed E-state index contributed by atoms with van der Waals surface area (Å²) in [6.07, 6.45) is 3.74. The molecule has 74 heavy (non-hydrogen) atoms. The number of thiophene rings is 3. The number of unbranched alkanes of at least 4 members (excludes halogenated alkanes) is 3. The normalized spacial score (nSPS) is 13.7. The van der Waals surface area contributed by atoms with Crippen LogP contribution in [0.25, 0.3) is 0 Å². The third kappa shape index (κ3) is 15.4. The summed E-state index contributed by atoms with van der Waals surface area (Å²) in [5.41, 5.74) is 38.0. The first-order valence-corrected chi connectivity index (χ1v) is 27.3. The summed E-state index contributed by atoms with van der Waals surface area (Å²) in [6, 6.07) is 27.1. The maximum Gasteiger partial charge on any atom is 0.252 e. The van der Waals surface area contributed by atoms with E-state index in [-0.39, 0.29) is 50.9 Å². The number of Topliss-reactive ketones (excluding diaryl/α,β-unsaturated/α-hetero) is 3. The highest BCUT2D eigenvalue weighted by molar-refractivity contribution is 7.08. The van der Waals surface area contributed by atoms with Crippen molar-refractivity contribution in [2.24, 2.45) is 34.4 Å². The molecular formula is C55H68ClN9O6S3. The third-order valence-corrected chi connectivity index (χ3v) is 15.3. The van der Waals surface area contributed by atoms with Crippen molar-refractivity contribution in [2.75, 3.05) is 35.6 Å². The van der Waals surface area contributed by atoms with Crippen LogP contribution in [-0.2, 0) is 48.0 Å². The van der Waals surface area contributed by atoms with Gasteiger partial charge in [0.15, 0.2) is 34.0 Å². The summed E-state index contributed by atoms with van der Waals surface area (Å²) in [5, 5.41) is 19.9. The summed E-state index contributed by atoms with van der Waals surface area (Å²) < 4.78 is 0. The van der Waals surface area contributed by atoms with Gasteiger partial charge in [-0.2, -0.15) is 34.0 Å². The fourth-order valence-corrected chi connectivity index (χ4v) is 10.6. The molecule has 0 spiro atoms. The van der Waals surface area contributed by atoms with E-state index in [1.165, 1.54) is 34.0 Å². The van der Waals surface area contributed by atoms with Crippen LogP contribution in [0.4, 0.5) is 17.1 Å². The zero-order valence-corrected chi connectivity index (χ0v) is 44.6. The molecule has 0 bridgehead atoms. The second-order valence-corrected chi connectivity index (χ2v) is 20.8. The molecule has 3 aromatic heterocycles. The van der Waals surface area contributed by atoms with Crippen LogP contribution in [0.15, 0.2) is 123 Å². The highest BCUT2D eigenvalue weighted by atomic mass is 35.5. The van der Waals surface area contributed by atoms with E-state index < -0.39 is 57.6 Å². The van der Waals surface area contributed by atoms with Gasteiger partial charge in [0.1, 0.15) is 0 Å². The highest BCUT2D eigenvalue weighted by Crippen LogP contribution is 2.35. The number of carbonyl (C=O) groups excluding carboxylic acids is 6. The molecule has 15 N–H and O–H groups in total. The van der Waals surface area contributed by atoms with E-state index in [0.717, 1.165) is 33.4 Å². The lowest BCUT2D eigenvalue weighted by atomic mass is 9.84. The van der Waals surface area contributed by atoms with Crippen LogP contribution in [-0.4, -0.2) is 71.3 Å². The van der Waals surface area contributed by atoms with Gasteiger partial charge in [-0.3, -0.25) is 28.8 Å². The Bertz CT molecular complexity index is 2440. The minimum Gasteiger partial charge on any atom is -0.330 e. The monoisotopic (exact) mass is 1080 g/mol. The number of amides is 3. The van der Waals surface area contributed by atoms with Crippen LogP contribution in [0.1, 0.15) is 97.1 Å². The van der Waals surface area contributed by atoms with Gasteiger partial charge < -0.3 is 50.4 Å². The Morgan fingerprint density at radius 1 is 0.405 bits per heavy atom. The van der Waals surface area contributed by atoms with E-state index in [1.807, 2.05) is 86.9 Å². The van der Waals surface area contributed by atoms with Crippen LogP contribution in [0.3, 0.4) is 0 Å². The smallest absolute Gasteiger partial charge is 0.252 e. The Hall–Kier alpha value is -5.77. The number of carbonyl (C=O) groups is 6. The van der Waals surface area contributed by atoms with E-state index in [4.69, 9.17) is 34.4 Å². The predicted molar refractivity (Wildman–Crippen MR) is 302 cm³/mol. The number of anilines is 3. The Kier molecular flexibility index (Phi) is 22.5. The van der Waals surface area contributed by atoms with Gasteiger partial charge >= 0.3 is 0 Å². The lowest BCUT2D eigenvalue weighted by molar-refractivity contribution is -0.134. The molecule has 0 fully saturated rings. The Balaban J connectivity index is 0.0000101. The molecule has 0 aliphatic carbocycles. The first kappa shape index (κ1) is 59.1. The molecule has 3 atom stereocenters. The van der Waals surface area contributed by atoms with Crippen LogP contribution in [0.2, 0.25) is 0 Å². The highest BCUT2D eigenvalue weighted by Gasteiger charge is 2.43. The molecule has 3 amide bonds. The molecule has 0 aliphatic rings. The average molecular weight is 1080 g/mol. The summed E-state index contributed by atoms with van der Waals surface area (Å²) in [4.78, 5) is 82.8. The number of nitrogens with one attached hydrogen (secondary N) is 3. The van der Waals surface area contributed by atoms with E-state index in [2.05, 4.69) is 16.0 Å². The van der Waals surface area contributed by atoms with Gasteiger partial charge in [-0.05, 0) is 198 Å². The molecule has 3 aromatic carbocycles. The maximum absolute atomic E-state index is 13.9. The van der Waals surface area contributed by atoms with E-state index in [1.54, 1.807) is 36.4 Å². The summed E-state index contributed by atoms with van der Waals surface area (Å²) in [7, 11) is 0. The van der Waals surface area contributed by atoms with Crippen molar-refractivity contribution < 1.29 is 28.8 Å². The molecule has 15 nitrogen and oxygen atoms in total. The number of rotatable bonds is 30. The molecule has 394 valence electrons. The summed E-state index contributed by atoms with van der Waals surface area (Å²) >= 11 is 4.38. The zero-order valence-electron chi connectivity index (χ0n) is 41.4. The predicted octanol–water partition coefficient (Wildman–Crippen LogP) is 7.20. The summed E-state index contributed by atoms with van der Waals surface area (Å²) in [6.45, 7) is 1.20. The van der Waals surface area contributed by atoms with Gasteiger partial charge in [-0.15, -0.1) is 12.4 Å². The number of benzene rings is 3. The summed E-state index contributed by atoms with van der Waals surface area (Å²) in [5.74, 6) is -3.46. The van der Waals surface area contributed by atoms with Crippen molar-refractivity contribution in [1.82, 2.24) is 0 Å². The minimum atomic E-state index is -1.79. The third-order valence-electron chi connectivity index (χ3n) is 13.1. The first-order valence-electron chi connectivity index (χ1n) is 24.5. The topological polar surface area (TPSA) is 295 Å². The molecule has 19 heteroatoms. The van der Waals surface area contributed by atoms with E-state index in [9.17, 15) is 28.8 Å². The van der Waals surface area contributed by atoms with Gasteiger partial charge in [0.25, 0.3) is 17.7 Å². The van der Waals surface area contributed by atoms with Crippen LogP contribution >= 0.6 is 46.4 Å². The second-order valence-electron chi connectivity index (χ2n) is 18.5. The first-order chi connectivity index (χ1) is 35.1. The van der Waals surface area contributed by atoms with Gasteiger partial charge in [0.2, 0.25) is 0 Å². The van der Waals surface area contributed by atoms with Gasteiger partial charge in [0.05, 0.1) is 0 Å². The molecule has 0 radical (unpaired) electrons. The van der Waals surface area contributed by atoms with Crippen LogP contribution in [0, 0.1) is 0 Å². The molecule has 0 aliphatic heterocycles. The van der Waals surface area contributed by atoms with Crippen molar-refractivity contribution >= 4 is 98.6 Å². The molecule has 0 saturated carbocycles. The lowest BCUT2D eigenvalue weighted by Crippen LogP contribution is -2.58. The molecule has 6 rings (SSSR count). The molecule has 6 aromatic rings. The van der Waals surface area contributed by atoms with Crippen LogP contribution in [0.5, 0.6) is 0 Å². The Morgan fingerprint density at radius 3 is 0.878 bits per heavy atom. The van der Waals surface area contributed by atoms with E-state index >= 15 is 0 Å². The van der Waals surface area contributed by atoms with E-state index in [0.29, 0.717) is 75.2 Å². The zero-order chi connectivity index (χ0) is 52.4. The largest absolute Gasteiger partial charge is 0.330 e. The fraction of sp³-hybridized carbons (Fsp3) is 0.345. The fourth-order valence-electron chi connectivity index (χ4n) is 8.57. The van der Waals surface area contributed by atoms with Crippen molar-refractivity contribution in [2.45, 2.75) is 99.6 Å². The number of ketones is 3. The molecule has 0 saturated heterocycles. The Morgan fingerprint density at radius 2 is 0.662 bits per heavy atom. The lowest BCUT2D eigenvalue weighted by Gasteiger charge is -2.27. The van der Waals surface area contributed by atoms with Crippen LogP contribution < -0.4 is 50.4 Å². The van der Waals surface area contributed by atoms with Crippen molar-refractivity contribution in [3.05, 3.63) is 157 Å². The standard InChI is InChI=1S/C55H67N9O6S3.ClH/c56-25-4-1-22-53(59,46(65)31-37-19-28-71-34-37)50(68)62-43-13-7-40(8-14-43)49(41-9-15-44(16-10-41)63-51(69)54(60,23-2-5-26-57)47(66)32-38-20-29-72-35-38)42-11-17-45(18-12-42)64-52(70)55(61,24-3-6-27-58)48(67)33-39-21-30-73-36-39;/h7-21,28-30,34-36,49H,1-6,22-27,31-33,56-61H2,(H,62,68)(H,63,69)(H,64,70);1H/t53-,54-,55-;/m0./s1. The SMILES string of the molecule is Cl.NCCCC[C@](N)(C(=O)Cc1ccsc1)C(=O)Nc1ccc(C(c2ccc(NC(=O)[C@](N)(CCCCN)C(=O)Cc3ccsc3)cc2)c2ccc(NC(=O)[C@](N)(CCCCN)C(=O)Cc3ccsc3)cc2)cc1.